The Morgan fingerprint density at radius 2 is 1.75 bits per heavy atom. The molecule has 0 fully saturated rings. The Hall–Kier alpha value is -3.05. The second-order valence-electron chi connectivity index (χ2n) is 8.79. The fraction of sp³-hybridized carbons (Fsp3) is 0.440. The molecule has 0 radical (unpaired) electrons. The molecular formula is C25H28F5NO5. The highest BCUT2D eigenvalue weighted by Gasteiger charge is 2.59. The van der Waals surface area contributed by atoms with E-state index in [1.54, 1.807) is 0 Å². The normalized spacial score (nSPS) is 14.6. The Morgan fingerprint density at radius 3 is 2.25 bits per heavy atom. The summed E-state index contributed by atoms with van der Waals surface area (Å²) in [5.41, 5.74) is 0.160. The van der Waals surface area contributed by atoms with E-state index in [1.807, 2.05) is 0 Å². The van der Waals surface area contributed by atoms with Crippen molar-refractivity contribution in [3.8, 4) is 16.9 Å². The van der Waals surface area contributed by atoms with Crippen molar-refractivity contribution in [2.24, 2.45) is 5.73 Å². The Morgan fingerprint density at radius 1 is 1.08 bits per heavy atom. The average molecular weight is 517 g/mol. The summed E-state index contributed by atoms with van der Waals surface area (Å²) >= 11 is 0. The van der Waals surface area contributed by atoms with E-state index in [4.69, 9.17) is 19.9 Å². The summed E-state index contributed by atoms with van der Waals surface area (Å²) in [6.45, 7) is 2.82. The molecule has 11 heteroatoms. The molecule has 0 heterocycles. The number of esters is 1. The van der Waals surface area contributed by atoms with Gasteiger partial charge in [-0.3, -0.25) is 9.59 Å². The van der Waals surface area contributed by atoms with Crippen LogP contribution in [-0.4, -0.2) is 50.1 Å². The molecule has 2 aromatic rings. The molecule has 0 saturated carbocycles. The smallest absolute Gasteiger partial charge is 0.398 e. The molecule has 0 amide bonds. The van der Waals surface area contributed by atoms with Crippen LogP contribution in [0, 0.1) is 5.82 Å². The number of ether oxygens (including phenoxy) is 3. The Labute approximate surface area is 205 Å². The number of hydrogen-bond donors (Lipinski definition) is 1. The molecule has 2 rings (SSSR count). The quantitative estimate of drug-likeness (QED) is 0.188. The maximum Gasteiger partial charge on any atom is 0.398 e. The van der Waals surface area contributed by atoms with E-state index in [0.29, 0.717) is 12.4 Å². The lowest BCUT2D eigenvalue weighted by Crippen LogP contribution is -2.60. The van der Waals surface area contributed by atoms with Crippen LogP contribution in [0.5, 0.6) is 5.75 Å². The highest BCUT2D eigenvalue weighted by Crippen LogP contribution is 2.46. The van der Waals surface area contributed by atoms with Crippen LogP contribution in [0.2, 0.25) is 0 Å². The highest BCUT2D eigenvalue weighted by molar-refractivity contribution is 5.83. The van der Waals surface area contributed by atoms with Crippen LogP contribution in [0.1, 0.15) is 49.0 Å². The van der Waals surface area contributed by atoms with E-state index in [9.17, 15) is 27.2 Å². The summed E-state index contributed by atoms with van der Waals surface area (Å²) in [5.74, 6) is -5.25. The van der Waals surface area contributed by atoms with Crippen LogP contribution in [-0.2, 0) is 14.3 Å². The minimum absolute atomic E-state index is 0.0820. The minimum Gasteiger partial charge on any atom is -0.467 e. The number of hydrogen-bond acceptors (Lipinski definition) is 6. The van der Waals surface area contributed by atoms with E-state index >= 15 is 4.39 Å². The van der Waals surface area contributed by atoms with Crippen molar-refractivity contribution in [3.63, 3.8) is 0 Å². The molecule has 0 aliphatic rings. The lowest BCUT2D eigenvalue weighted by molar-refractivity contribution is -0.185. The molecule has 2 atom stereocenters. The highest BCUT2D eigenvalue weighted by atomic mass is 19.4. The summed E-state index contributed by atoms with van der Waals surface area (Å²) in [5, 5.41) is 0. The molecular weight excluding hydrogens is 489 g/mol. The van der Waals surface area contributed by atoms with Gasteiger partial charge in [-0.1, -0.05) is 12.1 Å². The molecule has 198 valence electrons. The lowest BCUT2D eigenvalue weighted by Gasteiger charge is -2.39. The summed E-state index contributed by atoms with van der Waals surface area (Å²) in [6.07, 6.45) is -5.69. The molecule has 2 N–H and O–H groups in total. The summed E-state index contributed by atoms with van der Waals surface area (Å²) in [4.78, 5) is 23.8. The van der Waals surface area contributed by atoms with E-state index in [-0.39, 0.29) is 35.8 Å². The van der Waals surface area contributed by atoms with Gasteiger partial charge in [-0.05, 0) is 50.6 Å². The van der Waals surface area contributed by atoms with Gasteiger partial charge in [0.15, 0.2) is 6.79 Å². The topological polar surface area (TPSA) is 87.9 Å². The van der Waals surface area contributed by atoms with Crippen molar-refractivity contribution in [2.45, 2.75) is 50.5 Å². The lowest BCUT2D eigenvalue weighted by atomic mass is 9.73. The van der Waals surface area contributed by atoms with E-state index in [1.165, 1.54) is 32.2 Å². The van der Waals surface area contributed by atoms with Crippen LogP contribution in [0.4, 0.5) is 22.0 Å². The maximum atomic E-state index is 15.3. The standard InChI is InChI=1S/C25H28F5NO5/c1-5-35-22(33)24(31,13-23(2,3)27)21(25(28,29)30)16-7-8-17(19(26)11-16)18-10-15(12-32)6-9-20(18)36-14-34-4/h6-12,21H,5,13-14,31H2,1-4H3/t21?,24-/m0/s1. The number of alkyl halides is 4. The average Bonchev–Trinajstić information content (AvgIpc) is 2.76. The van der Waals surface area contributed by atoms with Crippen LogP contribution in [0.3, 0.4) is 0 Å². The first-order valence-corrected chi connectivity index (χ1v) is 10.9. The Balaban J connectivity index is 2.70. The van der Waals surface area contributed by atoms with Gasteiger partial charge in [0, 0.05) is 30.2 Å². The zero-order valence-corrected chi connectivity index (χ0v) is 20.2. The van der Waals surface area contributed by atoms with Crippen molar-refractivity contribution < 1.29 is 45.8 Å². The fourth-order valence-electron chi connectivity index (χ4n) is 4.04. The van der Waals surface area contributed by atoms with Crippen LogP contribution in [0.15, 0.2) is 36.4 Å². The predicted molar refractivity (Wildman–Crippen MR) is 122 cm³/mol. The first-order valence-electron chi connectivity index (χ1n) is 10.9. The van der Waals surface area contributed by atoms with Crippen molar-refractivity contribution in [3.05, 3.63) is 53.3 Å². The number of rotatable bonds is 11. The van der Waals surface area contributed by atoms with Gasteiger partial charge in [0.25, 0.3) is 0 Å². The van der Waals surface area contributed by atoms with Gasteiger partial charge in [-0.15, -0.1) is 0 Å². The molecule has 0 aliphatic heterocycles. The molecule has 6 nitrogen and oxygen atoms in total. The van der Waals surface area contributed by atoms with Crippen LogP contribution >= 0.6 is 0 Å². The van der Waals surface area contributed by atoms with E-state index < -0.39 is 47.1 Å². The minimum atomic E-state index is -5.16. The maximum absolute atomic E-state index is 15.3. The van der Waals surface area contributed by atoms with Gasteiger partial charge in [-0.25, -0.2) is 8.78 Å². The first-order chi connectivity index (χ1) is 16.7. The first kappa shape index (κ1) is 29.2. The number of carbonyl (C=O) groups is 2. The molecule has 0 spiro atoms. The van der Waals surface area contributed by atoms with Gasteiger partial charge < -0.3 is 19.9 Å². The van der Waals surface area contributed by atoms with Gasteiger partial charge in [-0.2, -0.15) is 13.2 Å². The molecule has 0 bridgehead atoms. The zero-order chi connectivity index (χ0) is 27.3. The van der Waals surface area contributed by atoms with Crippen molar-refractivity contribution in [2.75, 3.05) is 20.5 Å². The van der Waals surface area contributed by atoms with Crippen molar-refractivity contribution in [1.82, 2.24) is 0 Å². The number of carbonyl (C=O) groups excluding carboxylic acids is 2. The van der Waals surface area contributed by atoms with Crippen LogP contribution in [0.25, 0.3) is 11.1 Å². The van der Waals surface area contributed by atoms with Crippen LogP contribution < -0.4 is 10.5 Å². The fourth-order valence-corrected chi connectivity index (χ4v) is 4.04. The molecule has 36 heavy (non-hydrogen) atoms. The molecule has 0 aliphatic carbocycles. The summed E-state index contributed by atoms with van der Waals surface area (Å²) in [7, 11) is 1.35. The number of benzene rings is 2. The molecule has 0 aromatic heterocycles. The van der Waals surface area contributed by atoms with Gasteiger partial charge in [0.2, 0.25) is 0 Å². The molecule has 0 saturated heterocycles. The summed E-state index contributed by atoms with van der Waals surface area (Å²) < 4.78 is 87.8. The third-order valence-corrected chi connectivity index (χ3v) is 5.30. The predicted octanol–water partition coefficient (Wildman–Crippen LogP) is 5.33. The number of methoxy groups -OCH3 is 1. The van der Waals surface area contributed by atoms with Gasteiger partial charge in [0.05, 0.1) is 6.61 Å². The molecule has 2 aromatic carbocycles. The summed E-state index contributed by atoms with van der Waals surface area (Å²) in [6, 6.07) is 6.66. The monoisotopic (exact) mass is 517 g/mol. The molecule has 1 unspecified atom stereocenters. The third-order valence-electron chi connectivity index (χ3n) is 5.30. The van der Waals surface area contributed by atoms with E-state index in [0.717, 1.165) is 26.0 Å². The van der Waals surface area contributed by atoms with Crippen molar-refractivity contribution >= 4 is 12.3 Å². The second kappa shape index (κ2) is 11.3. The Bertz CT molecular complexity index is 1080. The van der Waals surface area contributed by atoms with Gasteiger partial charge >= 0.3 is 12.1 Å². The van der Waals surface area contributed by atoms with E-state index in [2.05, 4.69) is 0 Å². The Kier molecular flexibility index (Phi) is 9.19. The van der Waals surface area contributed by atoms with Crippen molar-refractivity contribution in [1.29, 1.82) is 0 Å². The third kappa shape index (κ3) is 6.79. The zero-order valence-electron chi connectivity index (χ0n) is 20.2. The number of halogens is 5. The second-order valence-corrected chi connectivity index (χ2v) is 8.79. The number of nitrogens with two attached hydrogens (primary N) is 1. The largest absolute Gasteiger partial charge is 0.467 e. The number of aldehydes is 1. The van der Waals surface area contributed by atoms with Gasteiger partial charge in [0.1, 0.15) is 35.0 Å². The SMILES string of the molecule is CCOC(=O)[C@](N)(CC(C)(C)F)C(c1ccc(-c2cc(C=O)ccc2OCOC)c(F)c1)C(F)(F)F.